The first-order chi connectivity index (χ1) is 11.1. The van der Waals surface area contributed by atoms with Gasteiger partial charge in [-0.25, -0.2) is 0 Å². The van der Waals surface area contributed by atoms with E-state index in [1.165, 1.54) is 5.56 Å². The molecule has 0 bridgehead atoms. The average Bonchev–Trinajstić information content (AvgIpc) is 2.55. The second-order valence-electron chi connectivity index (χ2n) is 5.67. The molecule has 4 heteroatoms. The maximum absolute atomic E-state index is 12.2. The summed E-state index contributed by atoms with van der Waals surface area (Å²) in [6.45, 7) is 2.23. The Morgan fingerprint density at radius 1 is 1.00 bits per heavy atom. The van der Waals surface area contributed by atoms with Crippen molar-refractivity contribution in [1.29, 1.82) is 0 Å². The van der Waals surface area contributed by atoms with Gasteiger partial charge in [0.05, 0.1) is 0 Å². The number of Topliss-reactive ketones (excluding diaryl/α,β-unsaturated/α-hetero) is 1. The summed E-state index contributed by atoms with van der Waals surface area (Å²) in [6, 6.07) is 15.7. The van der Waals surface area contributed by atoms with E-state index < -0.39 is 0 Å². The number of carbonyl (C=O) groups excluding carboxylic acids is 1. The van der Waals surface area contributed by atoms with Gasteiger partial charge >= 0.3 is 0 Å². The van der Waals surface area contributed by atoms with E-state index in [0.717, 1.165) is 24.2 Å². The normalized spacial score (nSPS) is 17.7. The van der Waals surface area contributed by atoms with Crippen LogP contribution in [0.3, 0.4) is 0 Å². The second kappa shape index (κ2) is 7.31. The topological polar surface area (TPSA) is 20.3 Å². The van der Waals surface area contributed by atoms with E-state index in [1.54, 1.807) is 18.2 Å². The largest absolute Gasteiger partial charge is 0.294 e. The molecule has 0 spiro atoms. The molecule has 23 heavy (non-hydrogen) atoms. The Morgan fingerprint density at radius 2 is 1.70 bits per heavy atom. The Morgan fingerprint density at radius 3 is 2.39 bits per heavy atom. The zero-order valence-corrected chi connectivity index (χ0v) is 14.1. The van der Waals surface area contributed by atoms with E-state index in [2.05, 4.69) is 17.0 Å². The van der Waals surface area contributed by atoms with Gasteiger partial charge in [-0.3, -0.25) is 9.69 Å². The SMILES string of the molecule is O=C1CCN(Cc2ccccc2)C/C1=C\c1c(Cl)cccc1Cl. The fraction of sp³-hybridized carbons (Fsp3) is 0.211. The fourth-order valence-electron chi connectivity index (χ4n) is 2.75. The number of piperidine rings is 1. The first-order valence-corrected chi connectivity index (χ1v) is 8.33. The lowest BCUT2D eigenvalue weighted by Crippen LogP contribution is -2.35. The van der Waals surface area contributed by atoms with Gasteiger partial charge in [-0.15, -0.1) is 0 Å². The van der Waals surface area contributed by atoms with E-state index in [-0.39, 0.29) is 5.78 Å². The second-order valence-corrected chi connectivity index (χ2v) is 6.49. The van der Waals surface area contributed by atoms with Crippen LogP contribution in [-0.2, 0) is 11.3 Å². The molecule has 1 saturated heterocycles. The Bertz CT molecular complexity index is 720. The number of rotatable bonds is 3. The minimum Gasteiger partial charge on any atom is -0.294 e. The molecule has 2 nitrogen and oxygen atoms in total. The Kier molecular flexibility index (Phi) is 5.16. The van der Waals surface area contributed by atoms with Gasteiger partial charge in [-0.2, -0.15) is 0 Å². The molecule has 0 radical (unpaired) electrons. The minimum absolute atomic E-state index is 0.172. The highest BCUT2D eigenvalue weighted by atomic mass is 35.5. The van der Waals surface area contributed by atoms with Crippen LogP contribution in [0, 0.1) is 0 Å². The highest BCUT2D eigenvalue weighted by Crippen LogP contribution is 2.28. The number of hydrogen-bond acceptors (Lipinski definition) is 2. The van der Waals surface area contributed by atoms with Crippen LogP contribution in [0.1, 0.15) is 17.5 Å². The number of halogens is 2. The van der Waals surface area contributed by atoms with Crippen molar-refractivity contribution in [3.8, 4) is 0 Å². The molecular formula is C19H17Cl2NO. The lowest BCUT2D eigenvalue weighted by Gasteiger charge is -2.28. The van der Waals surface area contributed by atoms with E-state index in [4.69, 9.17) is 23.2 Å². The van der Waals surface area contributed by atoms with Crippen LogP contribution in [0.15, 0.2) is 54.1 Å². The van der Waals surface area contributed by atoms with Gasteiger partial charge in [0, 0.05) is 47.2 Å². The van der Waals surface area contributed by atoms with Crippen LogP contribution in [0.4, 0.5) is 0 Å². The molecule has 0 saturated carbocycles. The van der Waals surface area contributed by atoms with Crippen LogP contribution >= 0.6 is 23.2 Å². The maximum Gasteiger partial charge on any atom is 0.161 e. The summed E-state index contributed by atoms with van der Waals surface area (Å²) in [5, 5.41) is 1.14. The monoisotopic (exact) mass is 345 g/mol. The molecule has 1 aliphatic rings. The molecular weight excluding hydrogens is 329 g/mol. The first kappa shape index (κ1) is 16.3. The minimum atomic E-state index is 0.172. The van der Waals surface area contributed by atoms with E-state index in [9.17, 15) is 4.79 Å². The Hall–Kier alpha value is -1.61. The molecule has 0 amide bonds. The number of carbonyl (C=O) groups is 1. The van der Waals surface area contributed by atoms with Crippen LogP contribution in [0.25, 0.3) is 6.08 Å². The summed E-state index contributed by atoms with van der Waals surface area (Å²) in [4.78, 5) is 14.5. The summed E-state index contributed by atoms with van der Waals surface area (Å²) in [7, 11) is 0. The van der Waals surface area contributed by atoms with Gasteiger partial charge in [0.15, 0.2) is 5.78 Å². The summed E-state index contributed by atoms with van der Waals surface area (Å²) in [5.74, 6) is 0.172. The lowest BCUT2D eigenvalue weighted by atomic mass is 9.99. The van der Waals surface area contributed by atoms with Crippen molar-refractivity contribution >= 4 is 35.1 Å². The molecule has 0 N–H and O–H groups in total. The van der Waals surface area contributed by atoms with Gasteiger partial charge in [-0.05, 0) is 23.8 Å². The van der Waals surface area contributed by atoms with Crippen molar-refractivity contribution in [2.24, 2.45) is 0 Å². The van der Waals surface area contributed by atoms with Crippen molar-refractivity contribution in [1.82, 2.24) is 4.90 Å². The number of likely N-dealkylation sites (tertiary alicyclic amines) is 1. The van der Waals surface area contributed by atoms with Crippen molar-refractivity contribution in [3.63, 3.8) is 0 Å². The third-order valence-electron chi connectivity index (χ3n) is 3.97. The van der Waals surface area contributed by atoms with Crippen LogP contribution in [-0.4, -0.2) is 23.8 Å². The van der Waals surface area contributed by atoms with E-state index in [0.29, 0.717) is 23.0 Å². The lowest BCUT2D eigenvalue weighted by molar-refractivity contribution is -0.117. The zero-order chi connectivity index (χ0) is 16.2. The van der Waals surface area contributed by atoms with Gasteiger partial charge in [-0.1, -0.05) is 59.6 Å². The van der Waals surface area contributed by atoms with E-state index in [1.807, 2.05) is 24.3 Å². The molecule has 118 valence electrons. The van der Waals surface area contributed by atoms with Gasteiger partial charge in [0.25, 0.3) is 0 Å². The highest BCUT2D eigenvalue weighted by Gasteiger charge is 2.22. The van der Waals surface area contributed by atoms with Gasteiger partial charge in [0.2, 0.25) is 0 Å². The third-order valence-corrected chi connectivity index (χ3v) is 4.63. The van der Waals surface area contributed by atoms with Crippen molar-refractivity contribution in [3.05, 3.63) is 75.3 Å². The number of ketones is 1. The molecule has 3 rings (SSSR count). The molecule has 2 aromatic carbocycles. The fourth-order valence-corrected chi connectivity index (χ4v) is 3.26. The third kappa shape index (κ3) is 4.03. The predicted octanol–water partition coefficient (Wildman–Crippen LogP) is 4.85. The molecule has 0 aromatic heterocycles. The van der Waals surface area contributed by atoms with Crippen LogP contribution in [0.2, 0.25) is 10.0 Å². The summed E-state index contributed by atoms with van der Waals surface area (Å²) >= 11 is 12.4. The van der Waals surface area contributed by atoms with Crippen molar-refractivity contribution in [2.45, 2.75) is 13.0 Å². The molecule has 1 heterocycles. The number of nitrogens with zero attached hydrogens (tertiary/aromatic N) is 1. The Balaban J connectivity index is 1.81. The summed E-state index contributed by atoms with van der Waals surface area (Å²) in [5.41, 5.74) is 2.74. The van der Waals surface area contributed by atoms with Crippen molar-refractivity contribution in [2.75, 3.05) is 13.1 Å². The smallest absolute Gasteiger partial charge is 0.161 e. The molecule has 0 aliphatic carbocycles. The molecule has 1 aliphatic heterocycles. The molecule has 0 unspecified atom stereocenters. The maximum atomic E-state index is 12.2. The molecule has 2 aromatic rings. The Labute approximate surface area is 146 Å². The quantitative estimate of drug-likeness (QED) is 0.741. The predicted molar refractivity (Wildman–Crippen MR) is 95.8 cm³/mol. The van der Waals surface area contributed by atoms with Crippen LogP contribution in [0.5, 0.6) is 0 Å². The first-order valence-electron chi connectivity index (χ1n) is 7.57. The highest BCUT2D eigenvalue weighted by molar-refractivity contribution is 6.37. The summed E-state index contributed by atoms with van der Waals surface area (Å²) in [6.07, 6.45) is 2.37. The number of benzene rings is 2. The molecule has 0 atom stereocenters. The van der Waals surface area contributed by atoms with Gasteiger partial charge in [0.1, 0.15) is 0 Å². The average molecular weight is 346 g/mol. The van der Waals surface area contributed by atoms with Crippen LogP contribution < -0.4 is 0 Å². The van der Waals surface area contributed by atoms with Crippen molar-refractivity contribution < 1.29 is 4.79 Å². The standard InChI is InChI=1S/C19H17Cl2NO/c20-17-7-4-8-18(21)16(17)11-15-13-22(10-9-19(15)23)12-14-5-2-1-3-6-14/h1-8,11H,9-10,12-13H2/b15-11+. The zero-order valence-electron chi connectivity index (χ0n) is 12.6. The van der Waals surface area contributed by atoms with E-state index >= 15 is 0 Å². The van der Waals surface area contributed by atoms with Gasteiger partial charge < -0.3 is 0 Å². The summed E-state index contributed by atoms with van der Waals surface area (Å²) < 4.78 is 0. The molecule has 1 fully saturated rings. The number of hydrogen-bond donors (Lipinski definition) is 0.